The van der Waals surface area contributed by atoms with Crippen LogP contribution in [0.5, 0.6) is 28.7 Å². The van der Waals surface area contributed by atoms with Gasteiger partial charge in [-0.1, -0.05) is 6.07 Å². The molecule has 0 radical (unpaired) electrons. The van der Waals surface area contributed by atoms with Gasteiger partial charge in [-0.15, -0.1) is 0 Å². The first-order valence-corrected chi connectivity index (χ1v) is 15.0. The van der Waals surface area contributed by atoms with Crippen LogP contribution >= 0.6 is 0 Å². The number of carbonyl (C=O) groups excluding carboxylic acids is 1. The van der Waals surface area contributed by atoms with Crippen LogP contribution in [0.15, 0.2) is 36.1 Å². The summed E-state index contributed by atoms with van der Waals surface area (Å²) in [5, 5.41) is 102. The second-order valence-corrected chi connectivity index (χ2v) is 11.5. The number of benzene rings is 2. The summed E-state index contributed by atoms with van der Waals surface area (Å²) in [6.45, 7) is -1.48. The minimum Gasteiger partial charge on any atom is -0.508 e. The molecule has 3 aliphatic rings. The Morgan fingerprint density at radius 1 is 0.800 bits per heavy atom. The number of rotatable bonds is 11. The highest BCUT2D eigenvalue weighted by molar-refractivity contribution is 5.90. The molecule has 0 amide bonds. The Bertz CT molecular complexity index is 1580. The number of carbonyl (C=O) groups is 2. The van der Waals surface area contributed by atoms with Crippen molar-refractivity contribution in [1.29, 1.82) is 0 Å². The molecular weight excluding hydrogens is 676 g/mol. The maximum Gasteiger partial charge on any atom is 0.317 e. The van der Waals surface area contributed by atoms with Gasteiger partial charge in [0.05, 0.1) is 19.3 Å². The van der Waals surface area contributed by atoms with E-state index in [1.165, 1.54) is 37.5 Å². The number of hydrogen-bond donors (Lipinski definition) is 10. The van der Waals surface area contributed by atoms with Gasteiger partial charge < -0.3 is 84.2 Å². The number of aliphatic carboxylic acids is 1. The second kappa shape index (κ2) is 15.2. The third-order valence-electron chi connectivity index (χ3n) is 8.10. The van der Waals surface area contributed by atoms with E-state index in [2.05, 4.69) is 0 Å². The van der Waals surface area contributed by atoms with Crippen molar-refractivity contribution in [1.82, 2.24) is 0 Å². The van der Waals surface area contributed by atoms with Crippen molar-refractivity contribution in [3.8, 4) is 28.7 Å². The fourth-order valence-electron chi connectivity index (χ4n) is 5.44. The molecule has 2 aromatic carbocycles. The van der Waals surface area contributed by atoms with Crippen molar-refractivity contribution < 1.29 is 93.8 Å². The van der Waals surface area contributed by atoms with Crippen LogP contribution in [-0.4, -0.2) is 145 Å². The molecule has 3 heterocycles. The number of aliphatic hydroxyl groups is 7. The molecule has 274 valence electrons. The first-order chi connectivity index (χ1) is 23.7. The predicted octanol–water partition coefficient (Wildman–Crippen LogP) is -2.40. The fourth-order valence-corrected chi connectivity index (χ4v) is 5.44. The standard InChI is InChI=1S/C31H36O19/c1-44-17-4-11(2-3-14(17)34)29-18(48-31-28(43)26(41)24(39)20(50-31)10-45-22(37)8-21(35)36)7-13-15(46-29)5-12(33)6-16(13)47-30-27(42)25(40)23(38)19(9-32)49-30/h2-7,19-20,23-34,38-43H,8-10H2,1H3,(H,35,36). The summed E-state index contributed by atoms with van der Waals surface area (Å²) < 4.78 is 39.1. The van der Waals surface area contributed by atoms with Crippen LogP contribution in [0.25, 0.3) is 6.08 Å². The topological polar surface area (TPSA) is 301 Å². The van der Waals surface area contributed by atoms with E-state index in [-0.39, 0.29) is 39.9 Å². The van der Waals surface area contributed by atoms with Gasteiger partial charge in [0.1, 0.15) is 84.9 Å². The van der Waals surface area contributed by atoms with Crippen LogP contribution in [0.2, 0.25) is 0 Å². The molecule has 19 nitrogen and oxygen atoms in total. The van der Waals surface area contributed by atoms with Crippen molar-refractivity contribution in [3.05, 3.63) is 47.2 Å². The zero-order valence-corrected chi connectivity index (χ0v) is 26.1. The Balaban J connectivity index is 1.51. The maximum absolute atomic E-state index is 11.8. The number of ether oxygens (including phenoxy) is 7. The van der Waals surface area contributed by atoms with Gasteiger partial charge in [0.2, 0.25) is 12.6 Å². The van der Waals surface area contributed by atoms with Gasteiger partial charge in [-0.2, -0.15) is 0 Å². The molecule has 0 saturated carbocycles. The summed E-state index contributed by atoms with van der Waals surface area (Å²) in [5.74, 6) is -3.68. The number of esters is 1. The third-order valence-corrected chi connectivity index (χ3v) is 8.10. The molecule has 5 rings (SSSR count). The van der Waals surface area contributed by atoms with Crippen LogP contribution < -0.4 is 14.2 Å². The van der Waals surface area contributed by atoms with Crippen LogP contribution in [0.1, 0.15) is 23.7 Å². The predicted molar refractivity (Wildman–Crippen MR) is 159 cm³/mol. The maximum atomic E-state index is 11.8. The monoisotopic (exact) mass is 712 g/mol. The number of phenols is 2. The molecule has 0 aliphatic carbocycles. The van der Waals surface area contributed by atoms with Crippen molar-refractivity contribution in [2.45, 2.75) is 73.9 Å². The normalized spacial score (nSPS) is 32.2. The van der Waals surface area contributed by atoms with E-state index in [0.29, 0.717) is 0 Å². The molecule has 50 heavy (non-hydrogen) atoms. The molecule has 0 spiro atoms. The highest BCUT2D eigenvalue weighted by atomic mass is 16.7. The lowest BCUT2D eigenvalue weighted by Gasteiger charge is -2.41. The zero-order chi connectivity index (χ0) is 36.4. The second-order valence-electron chi connectivity index (χ2n) is 11.5. The first kappa shape index (κ1) is 36.8. The minimum atomic E-state index is -1.92. The van der Waals surface area contributed by atoms with Gasteiger partial charge in [0.15, 0.2) is 17.6 Å². The van der Waals surface area contributed by atoms with Gasteiger partial charge in [0.25, 0.3) is 0 Å². The molecule has 11 atom stereocenters. The van der Waals surface area contributed by atoms with E-state index in [0.717, 1.165) is 6.07 Å². The summed E-state index contributed by atoms with van der Waals surface area (Å²) in [6.07, 6.45) is -18.2. The number of phenolic OH excluding ortho intramolecular Hbond substituents is 2. The van der Waals surface area contributed by atoms with Crippen molar-refractivity contribution in [2.24, 2.45) is 0 Å². The SMILES string of the molecule is COc1cc(C2Oc3cc(O)cc(OC4OC(CO)C(O)C(O)C4O)c3C=C2OC2OC(COC(=O)CC(=O)O)C(O)C(O)C2O)ccc1O. The highest BCUT2D eigenvalue weighted by Crippen LogP contribution is 2.46. The zero-order valence-electron chi connectivity index (χ0n) is 26.1. The van der Waals surface area contributed by atoms with Gasteiger partial charge in [-0.25, -0.2) is 0 Å². The lowest BCUT2D eigenvalue weighted by molar-refractivity contribution is -0.294. The molecule has 10 N–H and O–H groups in total. The Morgan fingerprint density at radius 3 is 2.08 bits per heavy atom. The van der Waals surface area contributed by atoms with E-state index in [1.807, 2.05) is 0 Å². The molecule has 19 heteroatoms. The van der Waals surface area contributed by atoms with E-state index in [1.54, 1.807) is 0 Å². The van der Waals surface area contributed by atoms with Gasteiger partial charge >= 0.3 is 11.9 Å². The summed E-state index contributed by atoms with van der Waals surface area (Å²) in [7, 11) is 1.30. The van der Waals surface area contributed by atoms with E-state index in [9.17, 15) is 55.5 Å². The average molecular weight is 713 g/mol. The van der Waals surface area contributed by atoms with E-state index >= 15 is 0 Å². The minimum absolute atomic E-state index is 0.0227. The van der Waals surface area contributed by atoms with E-state index < -0.39 is 105 Å². The summed E-state index contributed by atoms with van der Waals surface area (Å²) >= 11 is 0. The largest absolute Gasteiger partial charge is 0.508 e. The third kappa shape index (κ3) is 7.65. The molecule has 3 aliphatic heterocycles. The lowest BCUT2D eigenvalue weighted by atomic mass is 9.98. The van der Waals surface area contributed by atoms with Crippen molar-refractivity contribution in [2.75, 3.05) is 20.3 Å². The number of hydrogen-bond acceptors (Lipinski definition) is 18. The first-order valence-electron chi connectivity index (χ1n) is 15.0. The van der Waals surface area contributed by atoms with Gasteiger partial charge in [-0.05, 0) is 18.2 Å². The lowest BCUT2D eigenvalue weighted by Crippen LogP contribution is -2.60. The molecule has 2 saturated heterocycles. The number of carboxylic acid groups (broad SMARTS) is 1. The number of carboxylic acids is 1. The quantitative estimate of drug-likeness (QED) is 0.0858. The Labute approximate surface area is 282 Å². The molecule has 11 unspecified atom stereocenters. The molecule has 2 fully saturated rings. The average Bonchev–Trinajstić information content (AvgIpc) is 3.08. The molecule has 0 aromatic heterocycles. The van der Waals surface area contributed by atoms with Crippen molar-refractivity contribution >= 4 is 18.0 Å². The summed E-state index contributed by atoms with van der Waals surface area (Å²) in [4.78, 5) is 22.6. The Hall–Kier alpha value is -4.44. The summed E-state index contributed by atoms with van der Waals surface area (Å²) in [5.41, 5.74) is 0.308. The van der Waals surface area contributed by atoms with Crippen LogP contribution in [0.3, 0.4) is 0 Å². The molecule has 2 aromatic rings. The summed E-state index contributed by atoms with van der Waals surface area (Å²) in [6, 6.07) is 6.39. The highest BCUT2D eigenvalue weighted by Gasteiger charge is 2.48. The van der Waals surface area contributed by atoms with Crippen LogP contribution in [0.4, 0.5) is 0 Å². The number of aliphatic hydroxyl groups excluding tert-OH is 7. The van der Waals surface area contributed by atoms with Crippen LogP contribution in [0, 0.1) is 0 Å². The van der Waals surface area contributed by atoms with E-state index in [4.69, 9.17) is 38.3 Å². The molecule has 0 bridgehead atoms. The number of methoxy groups -OCH3 is 1. The smallest absolute Gasteiger partial charge is 0.317 e. The molecular formula is C31H36O19. The fraction of sp³-hybridized carbons (Fsp3) is 0.484. The number of fused-ring (bicyclic) bond motifs is 1. The van der Waals surface area contributed by atoms with Gasteiger partial charge in [-0.3, -0.25) is 9.59 Å². The van der Waals surface area contributed by atoms with Crippen LogP contribution in [-0.2, 0) is 28.5 Å². The Morgan fingerprint density at radius 2 is 1.44 bits per heavy atom. The Kier molecular flexibility index (Phi) is 11.2. The van der Waals surface area contributed by atoms with Crippen molar-refractivity contribution in [3.63, 3.8) is 0 Å². The van der Waals surface area contributed by atoms with Gasteiger partial charge in [0, 0.05) is 17.7 Å². The number of aromatic hydroxyl groups is 2.